The summed E-state index contributed by atoms with van der Waals surface area (Å²) in [5, 5.41) is 3.34. The molecule has 2 rings (SSSR count). The lowest BCUT2D eigenvalue weighted by Gasteiger charge is -2.20. The molecule has 0 aliphatic carbocycles. The third kappa shape index (κ3) is 3.41. The van der Waals surface area contributed by atoms with Gasteiger partial charge in [-0.1, -0.05) is 0 Å². The highest BCUT2D eigenvalue weighted by Gasteiger charge is 2.12. The standard InChI is InChI=1S/C13H19FN2O/c1-17-12-3-4-13(14)11(9-12)10-16-7-2-5-15-6-8-16/h3-4,9,15H,2,5-8,10H2,1H3. The summed E-state index contributed by atoms with van der Waals surface area (Å²) in [6, 6.07) is 4.92. The van der Waals surface area contributed by atoms with E-state index in [1.165, 1.54) is 6.07 Å². The normalized spacial score (nSPS) is 17.8. The number of benzene rings is 1. The molecule has 1 aliphatic heterocycles. The van der Waals surface area contributed by atoms with Crippen LogP contribution in [0.3, 0.4) is 0 Å². The summed E-state index contributed by atoms with van der Waals surface area (Å²) in [4.78, 5) is 2.28. The van der Waals surface area contributed by atoms with Crippen molar-refractivity contribution >= 4 is 0 Å². The number of methoxy groups -OCH3 is 1. The van der Waals surface area contributed by atoms with Crippen LogP contribution in [0.2, 0.25) is 0 Å². The lowest BCUT2D eigenvalue weighted by atomic mass is 10.2. The number of hydrogen-bond acceptors (Lipinski definition) is 3. The molecule has 1 saturated heterocycles. The maximum Gasteiger partial charge on any atom is 0.127 e. The van der Waals surface area contributed by atoms with Gasteiger partial charge in [-0.15, -0.1) is 0 Å². The van der Waals surface area contributed by atoms with Crippen molar-refractivity contribution < 1.29 is 9.13 Å². The van der Waals surface area contributed by atoms with E-state index in [1.54, 1.807) is 19.2 Å². The molecule has 4 heteroatoms. The number of hydrogen-bond donors (Lipinski definition) is 1. The van der Waals surface area contributed by atoms with Crippen molar-refractivity contribution in [3.63, 3.8) is 0 Å². The molecule has 1 fully saturated rings. The molecule has 0 amide bonds. The van der Waals surface area contributed by atoms with Crippen molar-refractivity contribution in [3.05, 3.63) is 29.6 Å². The molecule has 0 bridgehead atoms. The monoisotopic (exact) mass is 238 g/mol. The number of halogens is 1. The summed E-state index contributed by atoms with van der Waals surface area (Å²) in [5.41, 5.74) is 0.714. The molecule has 0 radical (unpaired) electrons. The summed E-state index contributed by atoms with van der Waals surface area (Å²) in [6.07, 6.45) is 1.12. The Balaban J connectivity index is 2.05. The molecule has 0 saturated carbocycles. The highest BCUT2D eigenvalue weighted by atomic mass is 19.1. The van der Waals surface area contributed by atoms with Gasteiger partial charge >= 0.3 is 0 Å². The maximum absolute atomic E-state index is 13.7. The zero-order valence-electron chi connectivity index (χ0n) is 10.2. The van der Waals surface area contributed by atoms with E-state index < -0.39 is 0 Å². The fourth-order valence-electron chi connectivity index (χ4n) is 2.10. The minimum absolute atomic E-state index is 0.150. The van der Waals surface area contributed by atoms with E-state index in [0.717, 1.165) is 32.6 Å². The van der Waals surface area contributed by atoms with E-state index in [-0.39, 0.29) is 5.82 Å². The molecule has 0 atom stereocenters. The van der Waals surface area contributed by atoms with Crippen LogP contribution in [0.4, 0.5) is 4.39 Å². The molecule has 0 unspecified atom stereocenters. The first-order valence-corrected chi connectivity index (χ1v) is 6.05. The number of ether oxygens (including phenoxy) is 1. The SMILES string of the molecule is COc1ccc(F)c(CN2CCCNCC2)c1. The summed E-state index contributed by atoms with van der Waals surface area (Å²) in [7, 11) is 1.60. The van der Waals surface area contributed by atoms with Crippen LogP contribution in [0.1, 0.15) is 12.0 Å². The first kappa shape index (κ1) is 12.3. The van der Waals surface area contributed by atoms with Crippen LogP contribution in [0, 0.1) is 5.82 Å². The van der Waals surface area contributed by atoms with E-state index in [2.05, 4.69) is 10.2 Å². The van der Waals surface area contributed by atoms with Crippen molar-refractivity contribution in [1.82, 2.24) is 10.2 Å². The van der Waals surface area contributed by atoms with Gasteiger partial charge in [0, 0.05) is 25.2 Å². The van der Waals surface area contributed by atoms with Gasteiger partial charge in [-0.2, -0.15) is 0 Å². The molecule has 0 spiro atoms. The first-order valence-electron chi connectivity index (χ1n) is 6.05. The fourth-order valence-corrected chi connectivity index (χ4v) is 2.10. The second-order valence-corrected chi connectivity index (χ2v) is 4.34. The molecule has 1 heterocycles. The van der Waals surface area contributed by atoms with E-state index in [4.69, 9.17) is 4.74 Å². The summed E-state index contributed by atoms with van der Waals surface area (Å²) in [5.74, 6) is 0.567. The number of rotatable bonds is 3. The zero-order valence-corrected chi connectivity index (χ0v) is 10.2. The van der Waals surface area contributed by atoms with Gasteiger partial charge in [0.2, 0.25) is 0 Å². The quantitative estimate of drug-likeness (QED) is 0.866. The maximum atomic E-state index is 13.7. The zero-order chi connectivity index (χ0) is 12.1. The predicted octanol–water partition coefficient (Wildman–Crippen LogP) is 1.63. The van der Waals surface area contributed by atoms with Crippen molar-refractivity contribution in [2.45, 2.75) is 13.0 Å². The van der Waals surface area contributed by atoms with Crippen molar-refractivity contribution in [3.8, 4) is 5.75 Å². The van der Waals surface area contributed by atoms with Gasteiger partial charge in [0.1, 0.15) is 11.6 Å². The number of nitrogens with zero attached hydrogens (tertiary/aromatic N) is 1. The molecule has 17 heavy (non-hydrogen) atoms. The first-order chi connectivity index (χ1) is 8.29. The van der Waals surface area contributed by atoms with Gasteiger partial charge in [-0.05, 0) is 37.7 Å². The minimum atomic E-state index is -0.150. The lowest BCUT2D eigenvalue weighted by molar-refractivity contribution is 0.279. The van der Waals surface area contributed by atoms with Gasteiger partial charge in [0.25, 0.3) is 0 Å². The van der Waals surface area contributed by atoms with Crippen LogP contribution in [-0.2, 0) is 6.54 Å². The van der Waals surface area contributed by atoms with Crippen LogP contribution < -0.4 is 10.1 Å². The average molecular weight is 238 g/mol. The molecule has 1 N–H and O–H groups in total. The molecule has 3 nitrogen and oxygen atoms in total. The molecule has 1 aromatic carbocycles. The largest absolute Gasteiger partial charge is 0.497 e. The molecule has 1 aromatic rings. The van der Waals surface area contributed by atoms with Crippen molar-refractivity contribution in [2.24, 2.45) is 0 Å². The third-order valence-electron chi connectivity index (χ3n) is 3.08. The van der Waals surface area contributed by atoms with Gasteiger partial charge in [-0.3, -0.25) is 4.90 Å². The smallest absolute Gasteiger partial charge is 0.127 e. The molecular weight excluding hydrogens is 219 g/mol. The van der Waals surface area contributed by atoms with Gasteiger partial charge in [0.05, 0.1) is 7.11 Å². The molecule has 1 aliphatic rings. The van der Waals surface area contributed by atoms with E-state index in [0.29, 0.717) is 17.9 Å². The Morgan fingerprint density at radius 1 is 1.35 bits per heavy atom. The Bertz CT molecular complexity index is 362. The topological polar surface area (TPSA) is 24.5 Å². The third-order valence-corrected chi connectivity index (χ3v) is 3.08. The Hall–Kier alpha value is -1.13. The average Bonchev–Trinajstić information content (AvgIpc) is 2.60. The van der Waals surface area contributed by atoms with Gasteiger partial charge in [-0.25, -0.2) is 4.39 Å². The summed E-state index contributed by atoms with van der Waals surface area (Å²) < 4.78 is 18.8. The van der Waals surface area contributed by atoms with Crippen LogP contribution in [0.5, 0.6) is 5.75 Å². The van der Waals surface area contributed by atoms with Crippen molar-refractivity contribution in [2.75, 3.05) is 33.3 Å². The Kier molecular flexibility index (Phi) is 4.34. The lowest BCUT2D eigenvalue weighted by Crippen LogP contribution is -2.28. The van der Waals surface area contributed by atoms with Gasteiger partial charge in [0.15, 0.2) is 0 Å². The van der Waals surface area contributed by atoms with E-state index >= 15 is 0 Å². The van der Waals surface area contributed by atoms with E-state index in [9.17, 15) is 4.39 Å². The Morgan fingerprint density at radius 2 is 2.24 bits per heavy atom. The minimum Gasteiger partial charge on any atom is -0.497 e. The summed E-state index contributed by atoms with van der Waals surface area (Å²) >= 11 is 0. The fraction of sp³-hybridized carbons (Fsp3) is 0.538. The van der Waals surface area contributed by atoms with Crippen LogP contribution >= 0.6 is 0 Å². The molecule has 94 valence electrons. The highest BCUT2D eigenvalue weighted by molar-refractivity contribution is 5.29. The molecular formula is C13H19FN2O. The Morgan fingerprint density at radius 3 is 3.06 bits per heavy atom. The van der Waals surface area contributed by atoms with Crippen LogP contribution in [0.25, 0.3) is 0 Å². The Labute approximate surface area is 102 Å². The van der Waals surface area contributed by atoms with E-state index in [1.807, 2.05) is 0 Å². The predicted molar refractivity (Wildman–Crippen MR) is 65.7 cm³/mol. The molecule has 0 aromatic heterocycles. The second kappa shape index (κ2) is 5.98. The van der Waals surface area contributed by atoms with Crippen molar-refractivity contribution in [1.29, 1.82) is 0 Å². The van der Waals surface area contributed by atoms with Crippen LogP contribution in [0.15, 0.2) is 18.2 Å². The van der Waals surface area contributed by atoms with Crippen LogP contribution in [-0.4, -0.2) is 38.2 Å². The second-order valence-electron chi connectivity index (χ2n) is 4.34. The van der Waals surface area contributed by atoms with Gasteiger partial charge < -0.3 is 10.1 Å². The highest BCUT2D eigenvalue weighted by Crippen LogP contribution is 2.18. The summed E-state index contributed by atoms with van der Waals surface area (Å²) in [6.45, 7) is 4.67. The number of nitrogens with one attached hydrogen (secondary N) is 1.